The summed E-state index contributed by atoms with van der Waals surface area (Å²) in [5.74, 6) is 1.26. The molecule has 2 heterocycles. The molecule has 0 aromatic rings. The van der Waals surface area contributed by atoms with Gasteiger partial charge >= 0.3 is 59.1 Å². The zero-order valence-corrected chi connectivity index (χ0v) is 36.6. The molecule has 11 nitrogen and oxygen atoms in total. The fourth-order valence-electron chi connectivity index (χ4n) is 13.1. The van der Waals surface area contributed by atoms with Crippen LogP contribution in [0, 0.1) is 57.7 Å². The molecule has 11 unspecified atom stereocenters. The van der Waals surface area contributed by atoms with Gasteiger partial charge in [0.15, 0.2) is 0 Å². The van der Waals surface area contributed by atoms with Crippen LogP contribution in [0.2, 0.25) is 0 Å². The Kier molecular flexibility index (Phi) is 11.7. The van der Waals surface area contributed by atoms with Crippen molar-refractivity contribution >= 4 is 20.8 Å². The first kappa shape index (κ1) is 41.8. The van der Waals surface area contributed by atoms with E-state index in [0.717, 1.165) is 44.9 Å². The molecule has 2 bridgehead atoms. The van der Waals surface area contributed by atoms with E-state index >= 15 is 0 Å². The van der Waals surface area contributed by atoms with Crippen LogP contribution < -0.4 is 59.1 Å². The molecule has 270 valence electrons. The molecule has 0 aromatic heterocycles. The fourth-order valence-corrected chi connectivity index (χ4v) is 14.1. The molecule has 5 saturated carbocycles. The van der Waals surface area contributed by atoms with Crippen LogP contribution in [0.3, 0.4) is 0 Å². The Bertz CT molecular complexity index is 1480. The Hall–Kier alpha value is 1.62. The number of ether oxygens (including phenoxy) is 3. The first-order chi connectivity index (χ1) is 21.7. The monoisotopic (exact) mass is 748 g/mol. The molecule has 0 radical (unpaired) electrons. The minimum absolute atomic E-state index is 0. The van der Waals surface area contributed by atoms with Crippen LogP contribution in [0.15, 0.2) is 0 Å². The van der Waals surface area contributed by atoms with Crippen LogP contribution >= 0.6 is 0 Å². The number of hydrogen-bond donors (Lipinski definition) is 0. The molecule has 7 fully saturated rings. The number of rotatable bonds is 9. The topological polar surface area (TPSA) is 161 Å². The molecule has 49 heavy (non-hydrogen) atoms. The summed E-state index contributed by atoms with van der Waals surface area (Å²) in [6, 6.07) is 0. The van der Waals surface area contributed by atoms with E-state index in [9.17, 15) is 25.9 Å². The summed E-state index contributed by atoms with van der Waals surface area (Å²) in [7, 11) is -10.3. The van der Waals surface area contributed by atoms with E-state index in [-0.39, 0.29) is 113 Å². The molecule has 0 aromatic carbocycles. The molecule has 2 saturated heterocycles. The van der Waals surface area contributed by atoms with Gasteiger partial charge in [0.2, 0.25) is 20.8 Å². The molecule has 15 heteroatoms. The van der Waals surface area contributed by atoms with Crippen molar-refractivity contribution < 1.29 is 108 Å². The van der Waals surface area contributed by atoms with Crippen molar-refractivity contribution in [1.82, 2.24) is 0 Å². The molecular weight excluding hydrogens is 694 g/mol. The van der Waals surface area contributed by atoms with Gasteiger partial charge in [0.1, 0.15) is 17.8 Å². The molecular formula is C34H54Na2O11S2. The van der Waals surface area contributed by atoms with Crippen LogP contribution in [-0.4, -0.2) is 61.9 Å². The van der Waals surface area contributed by atoms with E-state index in [4.69, 9.17) is 22.6 Å². The zero-order chi connectivity index (χ0) is 34.2. The normalized spacial score (nSPS) is 51.5. The van der Waals surface area contributed by atoms with E-state index in [1.54, 1.807) is 0 Å². The van der Waals surface area contributed by atoms with Crippen molar-refractivity contribution in [1.29, 1.82) is 0 Å². The minimum atomic E-state index is -5.16. The molecule has 15 atom stereocenters. The van der Waals surface area contributed by atoms with Crippen molar-refractivity contribution in [2.45, 2.75) is 155 Å². The summed E-state index contributed by atoms with van der Waals surface area (Å²) >= 11 is 0. The first-order valence-electron chi connectivity index (χ1n) is 18.0. The molecule has 2 aliphatic heterocycles. The summed E-state index contributed by atoms with van der Waals surface area (Å²) in [5.41, 5.74) is -0.702. The number of fused-ring (bicyclic) bond motifs is 10. The van der Waals surface area contributed by atoms with Gasteiger partial charge in [0, 0.05) is 12.3 Å². The van der Waals surface area contributed by atoms with E-state index in [2.05, 4.69) is 48.5 Å². The van der Waals surface area contributed by atoms with Crippen molar-refractivity contribution in [3.63, 3.8) is 0 Å². The van der Waals surface area contributed by atoms with Gasteiger partial charge in [-0.15, -0.1) is 0 Å². The molecule has 0 N–H and O–H groups in total. The fraction of sp³-hybridized carbons (Fsp3) is 1.00. The van der Waals surface area contributed by atoms with Gasteiger partial charge in [-0.25, -0.2) is 16.8 Å². The largest absolute Gasteiger partial charge is 1.00 e. The first-order valence-corrected chi connectivity index (χ1v) is 20.7. The summed E-state index contributed by atoms with van der Waals surface area (Å²) in [5, 5.41) is 0. The summed E-state index contributed by atoms with van der Waals surface area (Å²) < 4.78 is 101. The van der Waals surface area contributed by atoms with Gasteiger partial charge in [0.25, 0.3) is 5.97 Å². The maximum Gasteiger partial charge on any atom is 1.00 e. The van der Waals surface area contributed by atoms with Crippen LogP contribution in [-0.2, 0) is 43.4 Å². The molecule has 0 amide bonds. The smallest absolute Gasteiger partial charge is 0.726 e. The predicted molar refractivity (Wildman–Crippen MR) is 168 cm³/mol. The van der Waals surface area contributed by atoms with E-state index in [1.165, 1.54) is 6.42 Å². The van der Waals surface area contributed by atoms with E-state index in [1.807, 2.05) is 0 Å². The van der Waals surface area contributed by atoms with Gasteiger partial charge in [-0.05, 0) is 123 Å². The Morgan fingerprint density at radius 2 is 1.49 bits per heavy atom. The number of hydrogen-bond acceptors (Lipinski definition) is 11. The van der Waals surface area contributed by atoms with Crippen LogP contribution in [0.4, 0.5) is 0 Å². The summed E-state index contributed by atoms with van der Waals surface area (Å²) in [4.78, 5) is 0. The Balaban J connectivity index is 0.00000234. The second kappa shape index (κ2) is 13.7. The average Bonchev–Trinajstić information content (AvgIpc) is 3.39. The second-order valence-electron chi connectivity index (χ2n) is 17.6. The van der Waals surface area contributed by atoms with Crippen molar-refractivity contribution in [2.75, 3.05) is 0 Å². The van der Waals surface area contributed by atoms with Crippen LogP contribution in [0.25, 0.3) is 0 Å². The molecule has 7 aliphatic rings. The van der Waals surface area contributed by atoms with Crippen molar-refractivity contribution in [3.8, 4) is 0 Å². The zero-order valence-electron chi connectivity index (χ0n) is 30.9. The van der Waals surface area contributed by atoms with Gasteiger partial charge in [-0.2, -0.15) is 0 Å². The minimum Gasteiger partial charge on any atom is -0.726 e. The third-order valence-corrected chi connectivity index (χ3v) is 16.2. The Labute approximate surface area is 338 Å². The molecule has 7 rings (SSSR count). The van der Waals surface area contributed by atoms with E-state index in [0.29, 0.717) is 30.1 Å². The second-order valence-corrected chi connectivity index (χ2v) is 19.6. The quantitative estimate of drug-likeness (QED) is 0.173. The molecule has 0 spiro atoms. The summed E-state index contributed by atoms with van der Waals surface area (Å²) in [6.07, 6.45) is 5.85. The third-order valence-electron chi connectivity index (χ3n) is 15.2. The van der Waals surface area contributed by atoms with Crippen molar-refractivity contribution in [2.24, 2.45) is 57.7 Å². The van der Waals surface area contributed by atoms with Crippen LogP contribution in [0.1, 0.15) is 119 Å². The van der Waals surface area contributed by atoms with Gasteiger partial charge < -0.3 is 23.3 Å². The standard InChI is InChI=1S/C34H56O11S2.2Na/c1-8-12-34-41-26-15-24-22-10-9-21-14-25(43-46(35,36)37)27(44-47(38,39)40)17-31(21,6)23(22)11-13-30(24,5)29(26)32(7,45-34)28(42-34)18-33(19(2)3)16-20(33)4;;/h19-29H,8-18H2,1-7H3,(H,35,36,37)(H,38,39,40);;/q;2*+1/p-2/t20?,21?,22?,23?,24?,25?,26?,27?,28?,29?,30-,31-,32+,33+,34?;;/m0../s1. The SMILES string of the molecule is CCCC12OC3CC4C5CCC6CC(OS(=O)(=O)[O-])C(OS(=O)(=O)[O-])C[C@]6(C)C5CC[C@]4(C)C3[C@](C)(O1)C(C[C@@]1(C(C)C)CC1C)O2.[Na+].[Na+]. The Morgan fingerprint density at radius 1 is 0.857 bits per heavy atom. The maximum absolute atomic E-state index is 11.7. The Morgan fingerprint density at radius 3 is 2.06 bits per heavy atom. The average molecular weight is 749 g/mol. The van der Waals surface area contributed by atoms with Crippen molar-refractivity contribution in [3.05, 3.63) is 0 Å². The third kappa shape index (κ3) is 6.91. The van der Waals surface area contributed by atoms with Gasteiger partial charge in [0.05, 0.1) is 12.2 Å². The van der Waals surface area contributed by atoms with E-state index < -0.39 is 50.0 Å². The molecule has 5 aliphatic carbocycles. The maximum atomic E-state index is 11.7. The van der Waals surface area contributed by atoms with Crippen LogP contribution in [0.5, 0.6) is 0 Å². The summed E-state index contributed by atoms with van der Waals surface area (Å²) in [6.45, 7) is 16.0. The predicted octanol–water partition coefficient (Wildman–Crippen LogP) is -0.337. The van der Waals surface area contributed by atoms with Gasteiger partial charge in [-0.3, -0.25) is 8.37 Å². The van der Waals surface area contributed by atoms with Gasteiger partial charge in [-0.1, -0.05) is 41.5 Å².